The summed E-state index contributed by atoms with van der Waals surface area (Å²) in [6, 6.07) is 17.8. The second-order valence-electron chi connectivity index (χ2n) is 6.26. The lowest BCUT2D eigenvalue weighted by Gasteiger charge is -2.06. The van der Waals surface area contributed by atoms with Gasteiger partial charge in [0.15, 0.2) is 0 Å². The minimum Gasteiger partial charge on any atom is -0.342 e. The van der Waals surface area contributed by atoms with Gasteiger partial charge in [-0.15, -0.1) is 0 Å². The van der Waals surface area contributed by atoms with E-state index in [2.05, 4.69) is 15.5 Å². The average molecular weight is 372 g/mol. The molecule has 0 fully saturated rings. The summed E-state index contributed by atoms with van der Waals surface area (Å²) in [7, 11) is 0. The molecule has 4 aromatic rings. The summed E-state index contributed by atoms with van der Waals surface area (Å²) in [6.07, 6.45) is 6.60. The van der Waals surface area contributed by atoms with E-state index in [0.717, 1.165) is 16.5 Å². The highest BCUT2D eigenvalue weighted by molar-refractivity contribution is 6.00. The van der Waals surface area contributed by atoms with Crippen molar-refractivity contribution in [2.24, 2.45) is 5.10 Å². The number of fused-ring (bicyclic) bond motifs is 1. The Hall–Kier alpha value is -3.80. The maximum atomic E-state index is 14.0. The summed E-state index contributed by atoms with van der Waals surface area (Å²) in [5.41, 5.74) is 5.40. The third kappa shape index (κ3) is 3.66. The number of para-hydroxylation sites is 1. The number of aromatic nitrogens is 2. The molecular weight excluding hydrogens is 355 g/mol. The van der Waals surface area contributed by atoms with Crippen molar-refractivity contribution in [3.63, 3.8) is 0 Å². The summed E-state index contributed by atoms with van der Waals surface area (Å²) in [5.74, 6) is -0.547. The highest BCUT2D eigenvalue weighted by Gasteiger charge is 2.09. The van der Waals surface area contributed by atoms with Crippen LogP contribution in [-0.2, 0) is 6.54 Å². The van der Waals surface area contributed by atoms with Crippen LogP contribution in [0.3, 0.4) is 0 Å². The Labute approximate surface area is 161 Å². The first-order valence-electron chi connectivity index (χ1n) is 8.77. The first-order chi connectivity index (χ1) is 13.7. The Balaban J connectivity index is 1.59. The molecule has 2 aromatic heterocycles. The number of nitrogens with one attached hydrogen (secondary N) is 1. The number of carbonyl (C=O) groups is 1. The quantitative estimate of drug-likeness (QED) is 0.425. The van der Waals surface area contributed by atoms with Crippen LogP contribution in [0, 0.1) is 5.82 Å². The second kappa shape index (κ2) is 7.84. The Morgan fingerprint density at radius 1 is 1.07 bits per heavy atom. The number of hydrogen-bond acceptors (Lipinski definition) is 3. The van der Waals surface area contributed by atoms with Crippen molar-refractivity contribution in [1.29, 1.82) is 0 Å². The molecular formula is C22H17FN4O. The molecule has 6 heteroatoms. The Morgan fingerprint density at radius 3 is 2.64 bits per heavy atom. The molecule has 5 nitrogen and oxygen atoms in total. The normalized spacial score (nSPS) is 11.2. The third-order valence-electron chi connectivity index (χ3n) is 4.43. The van der Waals surface area contributed by atoms with Crippen LogP contribution in [0.25, 0.3) is 10.9 Å². The van der Waals surface area contributed by atoms with Crippen molar-refractivity contribution < 1.29 is 9.18 Å². The van der Waals surface area contributed by atoms with E-state index in [9.17, 15) is 9.18 Å². The van der Waals surface area contributed by atoms with Gasteiger partial charge in [0.25, 0.3) is 5.91 Å². The molecule has 0 bridgehead atoms. The summed E-state index contributed by atoms with van der Waals surface area (Å²) in [4.78, 5) is 16.0. The zero-order valence-electron chi connectivity index (χ0n) is 14.9. The molecule has 2 aromatic carbocycles. The molecule has 0 saturated heterocycles. The van der Waals surface area contributed by atoms with Crippen LogP contribution < -0.4 is 5.43 Å². The maximum absolute atomic E-state index is 14.0. The van der Waals surface area contributed by atoms with Gasteiger partial charge in [0, 0.05) is 46.2 Å². The second-order valence-corrected chi connectivity index (χ2v) is 6.26. The number of rotatable bonds is 5. The van der Waals surface area contributed by atoms with E-state index in [-0.39, 0.29) is 11.7 Å². The Morgan fingerprint density at radius 2 is 1.82 bits per heavy atom. The van der Waals surface area contributed by atoms with Crippen molar-refractivity contribution >= 4 is 23.0 Å². The van der Waals surface area contributed by atoms with E-state index >= 15 is 0 Å². The number of hydrogen-bond donors (Lipinski definition) is 1. The first-order valence-corrected chi connectivity index (χ1v) is 8.77. The van der Waals surface area contributed by atoms with Gasteiger partial charge in [-0.05, 0) is 24.3 Å². The molecule has 0 aliphatic rings. The van der Waals surface area contributed by atoms with Crippen LogP contribution in [-0.4, -0.2) is 21.7 Å². The van der Waals surface area contributed by atoms with Gasteiger partial charge in [-0.3, -0.25) is 9.78 Å². The zero-order valence-corrected chi connectivity index (χ0v) is 14.9. The number of benzene rings is 2. The van der Waals surface area contributed by atoms with Crippen LogP contribution in [0.1, 0.15) is 21.5 Å². The summed E-state index contributed by atoms with van der Waals surface area (Å²) < 4.78 is 16.0. The number of amides is 1. The zero-order chi connectivity index (χ0) is 19.3. The molecule has 0 unspecified atom stereocenters. The van der Waals surface area contributed by atoms with Gasteiger partial charge in [-0.2, -0.15) is 5.10 Å². The summed E-state index contributed by atoms with van der Waals surface area (Å²) in [5, 5.41) is 5.05. The van der Waals surface area contributed by atoms with E-state index in [1.807, 2.05) is 41.1 Å². The Bertz CT molecular complexity index is 1150. The van der Waals surface area contributed by atoms with E-state index in [0.29, 0.717) is 17.7 Å². The van der Waals surface area contributed by atoms with E-state index < -0.39 is 0 Å². The molecule has 1 N–H and O–H groups in total. The monoisotopic (exact) mass is 372 g/mol. The van der Waals surface area contributed by atoms with Gasteiger partial charge in [0.2, 0.25) is 0 Å². The number of pyridine rings is 1. The predicted molar refractivity (Wildman–Crippen MR) is 107 cm³/mol. The molecule has 2 heterocycles. The van der Waals surface area contributed by atoms with Gasteiger partial charge in [-0.25, -0.2) is 9.82 Å². The van der Waals surface area contributed by atoms with Crippen molar-refractivity contribution in [2.75, 3.05) is 0 Å². The lowest BCUT2D eigenvalue weighted by molar-refractivity contribution is 0.0955. The summed E-state index contributed by atoms with van der Waals surface area (Å²) in [6.45, 7) is 0.407. The molecule has 0 spiro atoms. The van der Waals surface area contributed by atoms with Crippen molar-refractivity contribution in [3.05, 3.63) is 102 Å². The highest BCUT2D eigenvalue weighted by atomic mass is 19.1. The van der Waals surface area contributed by atoms with Crippen LogP contribution >= 0.6 is 0 Å². The lowest BCUT2D eigenvalue weighted by atomic mass is 10.2. The number of hydrazone groups is 1. The van der Waals surface area contributed by atoms with E-state index in [4.69, 9.17) is 0 Å². The maximum Gasteiger partial charge on any atom is 0.271 e. The van der Waals surface area contributed by atoms with Crippen LogP contribution in [0.2, 0.25) is 0 Å². The van der Waals surface area contributed by atoms with E-state index in [1.165, 1.54) is 6.07 Å². The standard InChI is InChI=1S/C22H17FN4O/c23-20-7-3-1-5-17(20)14-27-15-18(19-6-2-4-8-21(19)27)13-25-26-22(28)16-9-11-24-12-10-16/h1-13,15H,14H2,(H,26,28). The molecule has 0 atom stereocenters. The molecule has 1 amide bonds. The summed E-state index contributed by atoms with van der Waals surface area (Å²) >= 11 is 0. The minimum absolute atomic E-state index is 0.236. The molecule has 138 valence electrons. The predicted octanol–water partition coefficient (Wildman–Crippen LogP) is 3.99. The van der Waals surface area contributed by atoms with Crippen LogP contribution in [0.4, 0.5) is 4.39 Å². The third-order valence-corrected chi connectivity index (χ3v) is 4.43. The number of halogens is 1. The molecule has 0 radical (unpaired) electrons. The fourth-order valence-corrected chi connectivity index (χ4v) is 3.05. The fraction of sp³-hybridized carbons (Fsp3) is 0.0455. The van der Waals surface area contributed by atoms with Crippen LogP contribution in [0.5, 0.6) is 0 Å². The van der Waals surface area contributed by atoms with Crippen molar-refractivity contribution in [2.45, 2.75) is 6.54 Å². The van der Waals surface area contributed by atoms with Gasteiger partial charge < -0.3 is 4.57 Å². The molecule has 0 aliphatic carbocycles. The Kier molecular flexibility index (Phi) is 4.93. The highest BCUT2D eigenvalue weighted by Crippen LogP contribution is 2.22. The van der Waals surface area contributed by atoms with Gasteiger partial charge in [0.1, 0.15) is 5.82 Å². The topological polar surface area (TPSA) is 59.3 Å². The minimum atomic E-state index is -0.311. The van der Waals surface area contributed by atoms with Crippen molar-refractivity contribution in [3.8, 4) is 0 Å². The van der Waals surface area contributed by atoms with Crippen LogP contribution in [0.15, 0.2) is 84.4 Å². The smallest absolute Gasteiger partial charge is 0.271 e. The van der Waals surface area contributed by atoms with Gasteiger partial charge in [-0.1, -0.05) is 36.4 Å². The lowest BCUT2D eigenvalue weighted by Crippen LogP contribution is -2.17. The fourth-order valence-electron chi connectivity index (χ4n) is 3.05. The van der Waals surface area contributed by atoms with Gasteiger partial charge in [0.05, 0.1) is 12.8 Å². The SMILES string of the molecule is O=C(NN=Cc1cn(Cc2ccccc2F)c2ccccc12)c1ccncc1. The molecule has 28 heavy (non-hydrogen) atoms. The van der Waals surface area contributed by atoms with Gasteiger partial charge >= 0.3 is 0 Å². The largest absolute Gasteiger partial charge is 0.342 e. The average Bonchev–Trinajstić information content (AvgIpc) is 3.08. The molecule has 4 rings (SSSR count). The molecule has 0 saturated carbocycles. The van der Waals surface area contributed by atoms with Crippen molar-refractivity contribution in [1.82, 2.24) is 15.0 Å². The first kappa shape index (κ1) is 17.6. The van der Waals surface area contributed by atoms with E-state index in [1.54, 1.807) is 42.9 Å². The number of nitrogens with zero attached hydrogens (tertiary/aromatic N) is 3. The molecule has 0 aliphatic heterocycles. The number of carbonyl (C=O) groups excluding carboxylic acids is 1.